The first-order valence-corrected chi connectivity index (χ1v) is 12.6. The highest BCUT2D eigenvalue weighted by atomic mass is 19.1. The number of benzene rings is 3. The van der Waals surface area contributed by atoms with Crippen LogP contribution >= 0.6 is 0 Å². The highest BCUT2D eigenvalue weighted by Crippen LogP contribution is 2.28. The Labute approximate surface area is 222 Å². The highest BCUT2D eigenvalue weighted by molar-refractivity contribution is 5.96. The Hall–Kier alpha value is -4.70. The molecule has 1 aliphatic heterocycles. The Balaban J connectivity index is 1.12. The molecule has 39 heavy (non-hydrogen) atoms. The summed E-state index contributed by atoms with van der Waals surface area (Å²) in [5.41, 5.74) is 10.3. The molecule has 2 amide bonds. The van der Waals surface area contributed by atoms with Crippen LogP contribution in [0.15, 0.2) is 65.1 Å². The number of primary amides is 1. The largest absolute Gasteiger partial charge is 0.451 e. The molecule has 1 fully saturated rings. The van der Waals surface area contributed by atoms with Gasteiger partial charge in [0, 0.05) is 42.6 Å². The van der Waals surface area contributed by atoms with Gasteiger partial charge >= 0.3 is 0 Å². The molecule has 0 bridgehead atoms. The average molecular weight is 528 g/mol. The van der Waals surface area contributed by atoms with Gasteiger partial charge in [0.1, 0.15) is 11.4 Å². The Bertz CT molecular complexity index is 1720. The van der Waals surface area contributed by atoms with E-state index in [1.165, 1.54) is 12.1 Å². The molecule has 0 aliphatic carbocycles. The fraction of sp³-hybridized carbons (Fsp3) is 0.207. The van der Waals surface area contributed by atoms with Gasteiger partial charge in [0.25, 0.3) is 5.91 Å². The molecule has 1 saturated heterocycles. The molecule has 1 aliphatic rings. The zero-order valence-corrected chi connectivity index (χ0v) is 21.0. The van der Waals surface area contributed by atoms with Gasteiger partial charge in [-0.1, -0.05) is 12.1 Å². The summed E-state index contributed by atoms with van der Waals surface area (Å²) in [6.45, 7) is 2.27. The molecule has 4 N–H and O–H groups in total. The van der Waals surface area contributed by atoms with Crippen molar-refractivity contribution in [2.75, 3.05) is 31.1 Å². The Morgan fingerprint density at radius 2 is 1.82 bits per heavy atom. The van der Waals surface area contributed by atoms with Crippen molar-refractivity contribution < 1.29 is 23.5 Å². The minimum atomic E-state index is -0.603. The summed E-state index contributed by atoms with van der Waals surface area (Å²) in [5.74, 6) is -0.874. The van der Waals surface area contributed by atoms with Gasteiger partial charge in [-0.25, -0.2) is 4.39 Å². The molecule has 2 aromatic heterocycles. The molecule has 5 aromatic rings. The molecule has 0 saturated carbocycles. The number of aromatic amines is 1. The van der Waals surface area contributed by atoms with Crippen molar-refractivity contribution in [2.45, 2.75) is 13.0 Å². The molecule has 10 heteroatoms. The second-order valence-corrected chi connectivity index (χ2v) is 9.68. The van der Waals surface area contributed by atoms with Crippen molar-refractivity contribution in [3.05, 3.63) is 83.5 Å². The minimum absolute atomic E-state index is 0.0124. The lowest BCUT2D eigenvalue weighted by atomic mass is 10.0. The predicted molar refractivity (Wildman–Crippen MR) is 145 cm³/mol. The van der Waals surface area contributed by atoms with Gasteiger partial charge in [0.05, 0.1) is 24.2 Å². The fourth-order valence-corrected chi connectivity index (χ4v) is 5.12. The Kier molecular flexibility index (Phi) is 6.24. The van der Waals surface area contributed by atoms with E-state index in [1.54, 1.807) is 12.1 Å². The molecule has 0 atom stereocenters. The van der Waals surface area contributed by atoms with Crippen LogP contribution in [-0.2, 0) is 17.8 Å². The normalized spacial score (nSPS) is 13.9. The Morgan fingerprint density at radius 1 is 1.00 bits per heavy atom. The van der Waals surface area contributed by atoms with Crippen LogP contribution in [-0.4, -0.2) is 58.2 Å². The molecular weight excluding hydrogens is 501 g/mol. The number of nitrogens with one attached hydrogen (secondary N) is 1. The molecule has 198 valence electrons. The number of nitrogens with zero attached hydrogens (tertiary/aromatic N) is 3. The van der Waals surface area contributed by atoms with Gasteiger partial charge in [-0.2, -0.15) is 5.10 Å². The van der Waals surface area contributed by atoms with Crippen LogP contribution in [0.25, 0.3) is 33.0 Å². The maximum absolute atomic E-state index is 14.0. The van der Waals surface area contributed by atoms with Crippen LogP contribution < -0.4 is 10.6 Å². The third-order valence-electron chi connectivity index (χ3n) is 7.18. The first kappa shape index (κ1) is 24.6. The molecule has 0 spiro atoms. The van der Waals surface area contributed by atoms with E-state index in [4.69, 9.17) is 10.2 Å². The number of nitrogens with two attached hydrogens (primary N) is 1. The van der Waals surface area contributed by atoms with E-state index < -0.39 is 11.7 Å². The molecular formula is C29H26FN5O4. The van der Waals surface area contributed by atoms with Crippen LogP contribution in [0.2, 0.25) is 0 Å². The second-order valence-electron chi connectivity index (χ2n) is 9.68. The third-order valence-corrected chi connectivity index (χ3v) is 7.18. The number of H-pyrrole nitrogens is 1. The van der Waals surface area contributed by atoms with Crippen LogP contribution in [0.4, 0.5) is 10.1 Å². The van der Waals surface area contributed by atoms with E-state index in [-0.39, 0.29) is 24.7 Å². The minimum Gasteiger partial charge on any atom is -0.451 e. The van der Waals surface area contributed by atoms with E-state index >= 15 is 0 Å². The zero-order valence-electron chi connectivity index (χ0n) is 21.0. The summed E-state index contributed by atoms with van der Waals surface area (Å²) in [5, 5.41) is 18.4. The van der Waals surface area contributed by atoms with Crippen LogP contribution in [0.1, 0.15) is 21.8 Å². The summed E-state index contributed by atoms with van der Waals surface area (Å²) in [4.78, 5) is 28.6. The lowest BCUT2D eigenvalue weighted by Gasteiger charge is -2.36. The first-order chi connectivity index (χ1) is 18.9. The number of anilines is 1. The van der Waals surface area contributed by atoms with Crippen molar-refractivity contribution in [1.82, 2.24) is 15.1 Å². The van der Waals surface area contributed by atoms with Crippen LogP contribution in [0, 0.1) is 5.82 Å². The quantitative estimate of drug-likeness (QED) is 0.310. The number of hydrogen-bond acceptors (Lipinski definition) is 6. The summed E-state index contributed by atoms with van der Waals surface area (Å²) < 4.78 is 19.4. The number of halogens is 1. The molecule has 0 unspecified atom stereocenters. The van der Waals surface area contributed by atoms with Gasteiger partial charge < -0.3 is 25.1 Å². The molecule has 3 heterocycles. The molecule has 9 nitrogen and oxygen atoms in total. The average Bonchev–Trinajstić information content (AvgIpc) is 3.56. The highest BCUT2D eigenvalue weighted by Gasteiger charge is 2.23. The number of rotatable bonds is 6. The van der Waals surface area contributed by atoms with Crippen LogP contribution in [0.5, 0.6) is 0 Å². The number of hydrogen-bond donors (Lipinski definition) is 3. The molecule has 6 rings (SSSR count). The van der Waals surface area contributed by atoms with Gasteiger partial charge in [-0.15, -0.1) is 0 Å². The second kappa shape index (κ2) is 9.88. The number of fused-ring (bicyclic) bond motifs is 2. The van der Waals surface area contributed by atoms with Crippen molar-refractivity contribution in [1.29, 1.82) is 0 Å². The third kappa shape index (κ3) is 4.82. The van der Waals surface area contributed by atoms with E-state index in [1.807, 2.05) is 41.3 Å². The van der Waals surface area contributed by atoms with Crippen molar-refractivity contribution in [2.24, 2.45) is 5.73 Å². The van der Waals surface area contributed by atoms with Gasteiger partial charge in [0.15, 0.2) is 5.76 Å². The Morgan fingerprint density at radius 3 is 2.59 bits per heavy atom. The number of carbonyl (C=O) groups is 2. The predicted octanol–water partition coefficient (Wildman–Crippen LogP) is 3.60. The number of aliphatic hydroxyl groups excluding tert-OH is 1. The number of amides is 2. The summed E-state index contributed by atoms with van der Waals surface area (Å²) in [7, 11) is 0. The SMILES string of the molecule is NC(=O)c1cc2cc(N3CCN(C(=O)Cc4[nH]nc5cc(-c6cc(F)cc(CO)c6)ccc45)CC3)ccc2o1. The monoisotopic (exact) mass is 527 g/mol. The smallest absolute Gasteiger partial charge is 0.284 e. The van der Waals surface area contributed by atoms with E-state index in [0.717, 1.165) is 27.7 Å². The van der Waals surface area contributed by atoms with Crippen LogP contribution in [0.3, 0.4) is 0 Å². The lowest BCUT2D eigenvalue weighted by Crippen LogP contribution is -2.49. The van der Waals surface area contributed by atoms with Crippen molar-refractivity contribution >= 4 is 39.4 Å². The van der Waals surface area contributed by atoms with E-state index in [2.05, 4.69) is 15.1 Å². The van der Waals surface area contributed by atoms with E-state index in [0.29, 0.717) is 48.4 Å². The number of aliphatic hydroxyl groups is 1. The maximum Gasteiger partial charge on any atom is 0.284 e. The lowest BCUT2D eigenvalue weighted by molar-refractivity contribution is -0.130. The molecule has 0 radical (unpaired) electrons. The van der Waals surface area contributed by atoms with Gasteiger partial charge in [-0.3, -0.25) is 14.7 Å². The topological polar surface area (TPSA) is 129 Å². The summed E-state index contributed by atoms with van der Waals surface area (Å²) in [6, 6.07) is 17.4. The summed E-state index contributed by atoms with van der Waals surface area (Å²) in [6.07, 6.45) is 0.196. The standard InChI is InChI=1S/C29H26FN5O4/c30-21-10-17(16-36)9-19(11-21)18-1-3-23-24(13-18)32-33-25(23)15-28(37)35-7-5-34(6-8-35)22-2-4-26-20(12-22)14-27(39-26)29(31)38/h1-4,9-14,36H,5-8,15-16H2,(H2,31,38)(H,32,33). The summed E-state index contributed by atoms with van der Waals surface area (Å²) >= 11 is 0. The first-order valence-electron chi connectivity index (χ1n) is 12.6. The number of aromatic nitrogens is 2. The number of carbonyl (C=O) groups excluding carboxylic acids is 2. The van der Waals surface area contributed by atoms with Gasteiger partial charge in [0.2, 0.25) is 5.91 Å². The molecule has 3 aromatic carbocycles. The zero-order chi connectivity index (χ0) is 27.1. The van der Waals surface area contributed by atoms with Crippen molar-refractivity contribution in [3.8, 4) is 11.1 Å². The van der Waals surface area contributed by atoms with E-state index in [9.17, 15) is 19.1 Å². The number of piperazine rings is 1. The number of furan rings is 1. The fourth-order valence-electron chi connectivity index (χ4n) is 5.12. The van der Waals surface area contributed by atoms with Crippen molar-refractivity contribution in [3.63, 3.8) is 0 Å². The maximum atomic E-state index is 14.0. The van der Waals surface area contributed by atoms with Gasteiger partial charge in [-0.05, 0) is 65.2 Å².